The van der Waals surface area contributed by atoms with Gasteiger partial charge in [0.05, 0.1) is 36.6 Å². The summed E-state index contributed by atoms with van der Waals surface area (Å²) < 4.78 is 12.2. The summed E-state index contributed by atoms with van der Waals surface area (Å²) in [7, 11) is 6.30. The van der Waals surface area contributed by atoms with E-state index >= 15 is 0 Å². The second-order valence-corrected chi connectivity index (χ2v) is 20.1. The van der Waals surface area contributed by atoms with Crippen LogP contribution in [0.25, 0.3) is 0 Å². The molecule has 2 aliphatic heterocycles. The molecule has 0 aromatic heterocycles. The zero-order chi connectivity index (χ0) is 51.3. The maximum Gasteiger partial charge on any atom is 0.326 e. The average Bonchev–Trinajstić information content (AvgIpc) is 4.01. The number of fused-ring (bicyclic) bond motifs is 1. The first-order valence-corrected chi connectivity index (χ1v) is 25.0. The third-order valence-electron chi connectivity index (χ3n) is 14.8. The predicted octanol–water partition coefficient (Wildman–Crippen LogP) is 4.61. The van der Waals surface area contributed by atoms with Gasteiger partial charge < -0.3 is 39.9 Å². The Kier molecular flexibility index (Phi) is 21.4. The highest BCUT2D eigenvalue weighted by Gasteiger charge is 2.51. The molecule has 1 aromatic rings. The molecule has 69 heavy (non-hydrogen) atoms. The van der Waals surface area contributed by atoms with E-state index in [1.165, 1.54) is 36.2 Å². The lowest BCUT2D eigenvalue weighted by Gasteiger charge is -2.41. The molecule has 2 unspecified atom stereocenters. The topological polar surface area (TPSA) is 212 Å². The Hall–Kier alpha value is -5.16. The summed E-state index contributed by atoms with van der Waals surface area (Å²) in [5.74, 6) is -4.93. The number of carbonyl (C=O) groups is 8. The molecule has 2 heterocycles. The lowest BCUT2D eigenvalue weighted by Crippen LogP contribution is -2.60. The van der Waals surface area contributed by atoms with Crippen LogP contribution < -0.4 is 10.6 Å². The van der Waals surface area contributed by atoms with Crippen molar-refractivity contribution in [2.24, 2.45) is 29.6 Å². The maximum absolute atomic E-state index is 14.9. The van der Waals surface area contributed by atoms with Gasteiger partial charge >= 0.3 is 5.97 Å². The van der Waals surface area contributed by atoms with E-state index in [2.05, 4.69) is 10.6 Å². The van der Waals surface area contributed by atoms with Gasteiger partial charge in [0, 0.05) is 65.9 Å². The van der Waals surface area contributed by atoms with E-state index in [-0.39, 0.29) is 85.1 Å². The average molecular weight is 965 g/mol. The minimum absolute atomic E-state index is 0.0647. The Morgan fingerprint density at radius 1 is 0.826 bits per heavy atom. The molecule has 2 fully saturated rings. The second kappa shape index (κ2) is 26.2. The number of aliphatic carboxylic acids is 1. The molecule has 1 saturated heterocycles. The van der Waals surface area contributed by atoms with Crippen molar-refractivity contribution in [2.75, 3.05) is 34.9 Å². The zero-order valence-corrected chi connectivity index (χ0v) is 42.9. The molecule has 7 amide bonds. The number of nitrogens with zero attached hydrogens (tertiary/aromatic N) is 4. The molecule has 17 nitrogen and oxygen atoms in total. The van der Waals surface area contributed by atoms with Gasteiger partial charge in [-0.25, -0.2) is 4.79 Å². The molecule has 11 atom stereocenters. The van der Waals surface area contributed by atoms with Crippen molar-refractivity contribution < 1.29 is 52.9 Å². The number of methoxy groups -OCH3 is 2. The molecule has 0 radical (unpaired) electrons. The van der Waals surface area contributed by atoms with E-state index in [0.717, 1.165) is 24.8 Å². The minimum Gasteiger partial charge on any atom is -0.480 e. The van der Waals surface area contributed by atoms with Gasteiger partial charge in [0.25, 0.3) is 11.8 Å². The fourth-order valence-electron chi connectivity index (χ4n) is 10.8. The number of benzene rings is 1. The molecule has 17 heteroatoms. The van der Waals surface area contributed by atoms with Crippen molar-refractivity contribution in [1.29, 1.82) is 0 Å². The molecule has 3 aliphatic rings. The maximum atomic E-state index is 14.9. The van der Waals surface area contributed by atoms with Crippen molar-refractivity contribution in [1.82, 2.24) is 30.2 Å². The molecule has 384 valence electrons. The molecular formula is C52H80N6O11. The molecule has 3 N–H and O–H groups in total. The number of nitrogens with one attached hydrogen (secondary N) is 2. The van der Waals surface area contributed by atoms with E-state index in [1.54, 1.807) is 25.9 Å². The summed E-state index contributed by atoms with van der Waals surface area (Å²) in [6.45, 7) is 13.3. The number of rotatable bonds is 27. The van der Waals surface area contributed by atoms with Gasteiger partial charge in [-0.15, -0.1) is 0 Å². The first kappa shape index (κ1) is 56.4. The smallest absolute Gasteiger partial charge is 0.326 e. The van der Waals surface area contributed by atoms with Gasteiger partial charge in [-0.3, -0.25) is 38.5 Å². The van der Waals surface area contributed by atoms with Crippen LogP contribution in [0.2, 0.25) is 0 Å². The number of likely N-dealkylation sites (N-methyl/N-ethyl adjacent to an activating group) is 2. The van der Waals surface area contributed by atoms with Gasteiger partial charge in [0.2, 0.25) is 29.5 Å². The minimum atomic E-state index is -1.16. The van der Waals surface area contributed by atoms with E-state index < -0.39 is 66.1 Å². The van der Waals surface area contributed by atoms with E-state index in [0.29, 0.717) is 32.1 Å². The van der Waals surface area contributed by atoms with Gasteiger partial charge in [0.15, 0.2) is 0 Å². The molecule has 1 aliphatic carbocycles. The summed E-state index contributed by atoms with van der Waals surface area (Å²) >= 11 is 0. The van der Waals surface area contributed by atoms with E-state index in [9.17, 15) is 43.5 Å². The Bertz CT molecular complexity index is 1960. The molecule has 0 bridgehead atoms. The van der Waals surface area contributed by atoms with Gasteiger partial charge in [-0.1, -0.05) is 98.1 Å². The highest BCUT2D eigenvalue weighted by molar-refractivity contribution is 6.12. The zero-order valence-electron chi connectivity index (χ0n) is 42.9. The highest BCUT2D eigenvalue weighted by atomic mass is 16.5. The van der Waals surface area contributed by atoms with Gasteiger partial charge in [0.1, 0.15) is 18.1 Å². The monoisotopic (exact) mass is 965 g/mol. The first-order chi connectivity index (χ1) is 32.7. The van der Waals surface area contributed by atoms with Crippen LogP contribution >= 0.6 is 0 Å². The fraction of sp³-hybridized carbons (Fsp3) is 0.692. The third-order valence-corrected chi connectivity index (χ3v) is 14.8. The van der Waals surface area contributed by atoms with E-state index in [4.69, 9.17) is 9.47 Å². The summed E-state index contributed by atoms with van der Waals surface area (Å²) in [6, 6.07) is 4.96. The number of hydrogen-bond donors (Lipinski definition) is 3. The quantitative estimate of drug-likeness (QED) is 0.0819. The fourth-order valence-corrected chi connectivity index (χ4v) is 10.8. The lowest BCUT2D eigenvalue weighted by atomic mass is 9.89. The van der Waals surface area contributed by atoms with Crippen LogP contribution in [0.3, 0.4) is 0 Å². The van der Waals surface area contributed by atoms with Crippen LogP contribution in [0.15, 0.2) is 42.5 Å². The predicted molar refractivity (Wildman–Crippen MR) is 260 cm³/mol. The number of carbonyl (C=O) groups excluding carboxylic acids is 7. The number of carboxylic acids is 1. The number of ether oxygens (including phenoxy) is 2. The molecule has 1 saturated carbocycles. The summed E-state index contributed by atoms with van der Waals surface area (Å²) in [5, 5.41) is 15.8. The number of unbranched alkanes of at least 4 members (excludes halogenated alkanes) is 2. The Morgan fingerprint density at radius 3 is 2.04 bits per heavy atom. The number of hydrogen-bond acceptors (Lipinski definition) is 10. The van der Waals surface area contributed by atoms with Crippen LogP contribution in [-0.2, 0) is 54.3 Å². The van der Waals surface area contributed by atoms with Crippen molar-refractivity contribution >= 4 is 47.3 Å². The Morgan fingerprint density at radius 2 is 1.48 bits per heavy atom. The van der Waals surface area contributed by atoms with Crippen LogP contribution in [0.4, 0.5) is 0 Å². The van der Waals surface area contributed by atoms with Crippen LogP contribution in [0.5, 0.6) is 0 Å². The Labute approximate surface area is 409 Å². The van der Waals surface area contributed by atoms with Crippen LogP contribution in [-0.4, -0.2) is 155 Å². The standard InChI is InChI=1S/C52H80N6O11/c1-12-33(6)47(56(9)51(65)45(31(2)3)54-50(64)46(32(4)5)55(8)41(59)24-17-14-18-27-57-42(60)25-26-43(57)61)40(68-10)30-44(62)58-38-23-19-22-36(38)29-39(58)48(69-11)34(7)49(63)53-37(52(66)67)28-35-20-15-13-16-21-35/h13,15-16,20-21,25-26,31-34,36-40,45-48H,12,14,17-19,22-24,27-30H2,1-11H3,(H,53,63)(H,54,64)(H,66,67)/t33-,34+,36?,37-,38?,39-,40+,45-,46-,47-,48+/m0/s1. The van der Waals surface area contributed by atoms with E-state index in [1.807, 2.05) is 76.8 Å². The van der Waals surface area contributed by atoms with Crippen molar-refractivity contribution in [3.8, 4) is 0 Å². The summed E-state index contributed by atoms with van der Waals surface area (Å²) in [4.78, 5) is 113. The normalized spacial score (nSPS) is 21.3. The first-order valence-electron chi connectivity index (χ1n) is 25.0. The number of likely N-dealkylation sites (tertiary alicyclic amines) is 1. The van der Waals surface area contributed by atoms with Crippen LogP contribution in [0, 0.1) is 29.6 Å². The number of imide groups is 1. The summed E-state index contributed by atoms with van der Waals surface area (Å²) in [6.07, 6.45) is 6.83. The highest BCUT2D eigenvalue weighted by Crippen LogP contribution is 2.44. The Balaban J connectivity index is 1.47. The SMILES string of the molecule is CC[C@H](C)[C@@H]([C@@H](CC(=O)N1C2CCCC2C[C@H]1[C@H](OC)[C@@H](C)C(=O)N[C@@H](Cc1ccccc1)C(=O)O)OC)N(C)C(=O)[C@@H](NC(=O)[C@H](C(C)C)N(C)C(=O)CCCCCN1C(=O)C=CC1=O)C(C)C. The van der Waals surface area contributed by atoms with Crippen LogP contribution in [0.1, 0.15) is 118 Å². The number of carboxylic acid groups (broad SMARTS) is 1. The second-order valence-electron chi connectivity index (χ2n) is 20.1. The van der Waals surface area contributed by atoms with Crippen molar-refractivity contribution in [3.05, 3.63) is 48.0 Å². The number of amides is 7. The largest absolute Gasteiger partial charge is 0.480 e. The lowest BCUT2D eigenvalue weighted by molar-refractivity contribution is -0.150. The third kappa shape index (κ3) is 14.2. The van der Waals surface area contributed by atoms with Crippen molar-refractivity contribution in [2.45, 2.75) is 168 Å². The van der Waals surface area contributed by atoms with Gasteiger partial charge in [-0.05, 0) is 61.3 Å². The molecular weight excluding hydrogens is 885 g/mol. The summed E-state index contributed by atoms with van der Waals surface area (Å²) in [5.41, 5.74) is 0.770. The molecule has 0 spiro atoms. The molecule has 1 aromatic carbocycles. The van der Waals surface area contributed by atoms with Gasteiger partial charge in [-0.2, -0.15) is 0 Å². The van der Waals surface area contributed by atoms with Crippen molar-refractivity contribution in [3.63, 3.8) is 0 Å². The molecule has 4 rings (SSSR count).